The molecule has 0 saturated carbocycles. The van der Waals surface area contributed by atoms with E-state index in [1.165, 1.54) is 19.2 Å². The number of ether oxygens (including phenoxy) is 1. The van der Waals surface area contributed by atoms with Gasteiger partial charge < -0.3 is 10.1 Å². The standard InChI is InChI=1S/C20H17F3N2O3/c1-3-25-18(26)16(14-9-4-5-10-15(14)28-2)17(19(25)27)24-13-8-6-7-12(11-13)20(21,22)23/h4-11,24H,3H2,1-2H3. The highest BCUT2D eigenvalue weighted by atomic mass is 19.4. The third-order valence-electron chi connectivity index (χ3n) is 4.32. The lowest BCUT2D eigenvalue weighted by molar-refractivity contribution is -0.138. The van der Waals surface area contributed by atoms with Crippen molar-refractivity contribution in [1.82, 2.24) is 4.90 Å². The summed E-state index contributed by atoms with van der Waals surface area (Å²) in [5.41, 5.74) is -0.455. The molecule has 5 nitrogen and oxygen atoms in total. The Bertz CT molecular complexity index is 967. The maximum absolute atomic E-state index is 13.0. The SMILES string of the molecule is CCN1C(=O)C(Nc2cccc(C(F)(F)F)c2)=C(c2ccccc2OC)C1=O. The molecule has 2 amide bonds. The molecule has 1 heterocycles. The number of rotatable bonds is 5. The second-order valence-electron chi connectivity index (χ2n) is 6.01. The molecule has 1 aliphatic rings. The minimum absolute atomic E-state index is 0.0522. The van der Waals surface area contributed by atoms with Crippen LogP contribution in [0.4, 0.5) is 18.9 Å². The Kier molecular flexibility index (Phi) is 5.13. The van der Waals surface area contributed by atoms with Gasteiger partial charge in [0, 0.05) is 17.8 Å². The second-order valence-corrected chi connectivity index (χ2v) is 6.01. The third kappa shape index (κ3) is 3.45. The van der Waals surface area contributed by atoms with Crippen molar-refractivity contribution < 1.29 is 27.5 Å². The van der Waals surface area contributed by atoms with Crippen molar-refractivity contribution in [2.45, 2.75) is 13.1 Å². The molecule has 0 aliphatic carbocycles. The number of halogens is 3. The van der Waals surface area contributed by atoms with Crippen LogP contribution in [0.1, 0.15) is 18.1 Å². The molecule has 0 bridgehead atoms. The monoisotopic (exact) mass is 390 g/mol. The predicted molar refractivity (Wildman–Crippen MR) is 97.4 cm³/mol. The topological polar surface area (TPSA) is 58.6 Å². The van der Waals surface area contributed by atoms with E-state index >= 15 is 0 Å². The van der Waals surface area contributed by atoms with Gasteiger partial charge in [-0.25, -0.2) is 0 Å². The summed E-state index contributed by atoms with van der Waals surface area (Å²) in [4.78, 5) is 26.6. The molecule has 146 valence electrons. The first-order valence-corrected chi connectivity index (χ1v) is 8.46. The van der Waals surface area contributed by atoms with E-state index in [1.807, 2.05) is 0 Å². The van der Waals surface area contributed by atoms with Crippen molar-refractivity contribution in [1.29, 1.82) is 0 Å². The van der Waals surface area contributed by atoms with E-state index in [1.54, 1.807) is 31.2 Å². The van der Waals surface area contributed by atoms with Crippen LogP contribution in [0.15, 0.2) is 54.2 Å². The van der Waals surface area contributed by atoms with Crippen molar-refractivity contribution in [3.8, 4) is 5.75 Å². The molecule has 0 unspecified atom stereocenters. The molecule has 28 heavy (non-hydrogen) atoms. The van der Waals surface area contributed by atoms with Crippen LogP contribution < -0.4 is 10.1 Å². The Morgan fingerprint density at radius 1 is 1.04 bits per heavy atom. The molecule has 8 heteroatoms. The zero-order valence-electron chi connectivity index (χ0n) is 15.1. The van der Waals surface area contributed by atoms with Gasteiger partial charge >= 0.3 is 6.18 Å². The van der Waals surface area contributed by atoms with Crippen LogP contribution in [-0.2, 0) is 15.8 Å². The van der Waals surface area contributed by atoms with Crippen molar-refractivity contribution in [2.24, 2.45) is 0 Å². The van der Waals surface area contributed by atoms with Crippen LogP contribution in [0.2, 0.25) is 0 Å². The smallest absolute Gasteiger partial charge is 0.416 e. The fourth-order valence-electron chi connectivity index (χ4n) is 3.00. The Labute approximate surface area is 159 Å². The molecule has 2 aromatic rings. The number of hydrogen-bond acceptors (Lipinski definition) is 4. The van der Waals surface area contributed by atoms with E-state index in [9.17, 15) is 22.8 Å². The molecule has 3 rings (SSSR count). The van der Waals surface area contributed by atoms with Crippen LogP contribution in [0.25, 0.3) is 5.57 Å². The number of benzene rings is 2. The van der Waals surface area contributed by atoms with Gasteiger partial charge in [-0.1, -0.05) is 24.3 Å². The van der Waals surface area contributed by atoms with Gasteiger partial charge in [0.05, 0.1) is 18.2 Å². The summed E-state index contributed by atoms with van der Waals surface area (Å²) in [5, 5.41) is 2.71. The number of alkyl halides is 3. The van der Waals surface area contributed by atoms with Gasteiger partial charge in [0.25, 0.3) is 11.8 Å². The fraction of sp³-hybridized carbons (Fsp3) is 0.200. The molecule has 1 N–H and O–H groups in total. The number of carbonyl (C=O) groups excluding carboxylic acids is 2. The lowest BCUT2D eigenvalue weighted by Crippen LogP contribution is -2.32. The first-order valence-electron chi connectivity index (χ1n) is 8.46. The maximum Gasteiger partial charge on any atom is 0.416 e. The van der Waals surface area contributed by atoms with E-state index in [2.05, 4.69) is 5.32 Å². The number of nitrogens with zero attached hydrogens (tertiary/aromatic N) is 1. The van der Waals surface area contributed by atoms with Crippen LogP contribution in [0.5, 0.6) is 5.75 Å². The molecule has 2 aromatic carbocycles. The number of nitrogens with one attached hydrogen (secondary N) is 1. The molecular formula is C20H17F3N2O3. The van der Waals surface area contributed by atoms with Gasteiger partial charge in [0.2, 0.25) is 0 Å². The van der Waals surface area contributed by atoms with Crippen LogP contribution in [0, 0.1) is 0 Å². The molecular weight excluding hydrogens is 373 g/mol. The highest BCUT2D eigenvalue weighted by Gasteiger charge is 2.39. The van der Waals surface area contributed by atoms with Gasteiger partial charge in [0.15, 0.2) is 0 Å². The van der Waals surface area contributed by atoms with Gasteiger partial charge in [-0.2, -0.15) is 13.2 Å². The lowest BCUT2D eigenvalue weighted by Gasteiger charge is -2.13. The highest BCUT2D eigenvalue weighted by Crippen LogP contribution is 2.36. The molecule has 0 radical (unpaired) electrons. The number of para-hydroxylation sites is 1. The zero-order chi connectivity index (χ0) is 20.5. The van der Waals surface area contributed by atoms with E-state index in [0.717, 1.165) is 17.0 Å². The van der Waals surface area contributed by atoms with Gasteiger partial charge in [-0.3, -0.25) is 14.5 Å². The number of imide groups is 1. The molecule has 0 atom stereocenters. The number of methoxy groups -OCH3 is 1. The fourth-order valence-corrected chi connectivity index (χ4v) is 3.00. The van der Waals surface area contributed by atoms with Crippen LogP contribution in [0.3, 0.4) is 0 Å². The maximum atomic E-state index is 13.0. The van der Waals surface area contributed by atoms with E-state index in [-0.39, 0.29) is 23.5 Å². The first kappa shape index (κ1) is 19.5. The largest absolute Gasteiger partial charge is 0.496 e. The second kappa shape index (κ2) is 7.38. The quantitative estimate of drug-likeness (QED) is 0.786. The molecule has 0 aromatic heterocycles. The minimum Gasteiger partial charge on any atom is -0.496 e. The lowest BCUT2D eigenvalue weighted by atomic mass is 10.0. The summed E-state index contributed by atoms with van der Waals surface area (Å²) in [6.07, 6.45) is -4.53. The van der Waals surface area contributed by atoms with Gasteiger partial charge in [-0.05, 0) is 31.2 Å². The Balaban J connectivity index is 2.12. The molecule has 0 fully saturated rings. The molecule has 0 saturated heterocycles. The van der Waals surface area contributed by atoms with E-state index < -0.39 is 23.6 Å². The number of hydrogen-bond donors (Lipinski definition) is 1. The van der Waals surface area contributed by atoms with E-state index in [4.69, 9.17) is 4.74 Å². The first-order chi connectivity index (χ1) is 13.3. The average Bonchev–Trinajstić information content (AvgIpc) is 2.90. The third-order valence-corrected chi connectivity index (χ3v) is 4.32. The normalized spacial score (nSPS) is 14.7. The van der Waals surface area contributed by atoms with Gasteiger partial charge in [-0.15, -0.1) is 0 Å². The summed E-state index contributed by atoms with van der Waals surface area (Å²) in [5.74, 6) is -0.766. The van der Waals surface area contributed by atoms with Gasteiger partial charge in [0.1, 0.15) is 11.4 Å². The summed E-state index contributed by atoms with van der Waals surface area (Å²) in [6.45, 7) is 1.77. The van der Waals surface area contributed by atoms with Crippen molar-refractivity contribution in [3.05, 3.63) is 65.4 Å². The van der Waals surface area contributed by atoms with Crippen LogP contribution >= 0.6 is 0 Å². The number of anilines is 1. The van der Waals surface area contributed by atoms with E-state index in [0.29, 0.717) is 11.3 Å². The predicted octanol–water partition coefficient (Wildman–Crippen LogP) is 3.93. The number of amides is 2. The summed E-state index contributed by atoms with van der Waals surface area (Å²) >= 11 is 0. The molecule has 1 aliphatic heterocycles. The number of likely N-dealkylation sites (N-methyl/N-ethyl adjacent to an activating group) is 1. The molecule has 0 spiro atoms. The highest BCUT2D eigenvalue weighted by molar-refractivity contribution is 6.37. The average molecular weight is 390 g/mol. The van der Waals surface area contributed by atoms with Crippen molar-refractivity contribution in [2.75, 3.05) is 19.0 Å². The Morgan fingerprint density at radius 3 is 2.39 bits per heavy atom. The summed E-state index contributed by atoms with van der Waals surface area (Å²) in [6, 6.07) is 11.1. The van der Waals surface area contributed by atoms with Crippen molar-refractivity contribution in [3.63, 3.8) is 0 Å². The Morgan fingerprint density at radius 2 is 1.75 bits per heavy atom. The van der Waals surface area contributed by atoms with Crippen LogP contribution in [-0.4, -0.2) is 30.4 Å². The summed E-state index contributed by atoms with van der Waals surface area (Å²) < 4.78 is 44.3. The summed E-state index contributed by atoms with van der Waals surface area (Å²) in [7, 11) is 1.43. The Hall–Kier alpha value is -3.29. The van der Waals surface area contributed by atoms with Crippen molar-refractivity contribution >= 4 is 23.1 Å². The zero-order valence-corrected chi connectivity index (χ0v) is 15.1. The minimum atomic E-state index is -4.53. The number of carbonyl (C=O) groups is 2.